The Balaban J connectivity index is 2.04. The van der Waals surface area contributed by atoms with Gasteiger partial charge in [0.2, 0.25) is 0 Å². The molecule has 0 fully saturated rings. The quantitative estimate of drug-likeness (QED) is 0.795. The number of amides is 1. The molecule has 3 rings (SSSR count). The average molecular weight is 346 g/mol. The number of carbonyl (C=O) groups excluding carboxylic acids is 1. The van der Waals surface area contributed by atoms with Gasteiger partial charge in [0.15, 0.2) is 0 Å². The summed E-state index contributed by atoms with van der Waals surface area (Å²) >= 11 is 3.53. The molecule has 1 aliphatic heterocycles. The van der Waals surface area contributed by atoms with Crippen molar-refractivity contribution in [2.45, 2.75) is 26.7 Å². The molecule has 0 bridgehead atoms. The predicted molar refractivity (Wildman–Crippen MR) is 85.6 cm³/mol. The van der Waals surface area contributed by atoms with Crippen LogP contribution in [0.3, 0.4) is 0 Å². The summed E-state index contributed by atoms with van der Waals surface area (Å²) in [4.78, 5) is 22.9. The summed E-state index contributed by atoms with van der Waals surface area (Å²) < 4.78 is 1.06. The number of anilines is 1. The van der Waals surface area contributed by atoms with Crippen LogP contribution in [0.2, 0.25) is 0 Å². The SMILES string of the molecule is Cc1nccc(C(=O)N2CCCc3cc(Br)cc(C)c32)n1. The van der Waals surface area contributed by atoms with Gasteiger partial charge in [0, 0.05) is 17.2 Å². The van der Waals surface area contributed by atoms with Crippen molar-refractivity contribution in [1.29, 1.82) is 0 Å². The Bertz CT molecular complexity index is 715. The van der Waals surface area contributed by atoms with E-state index >= 15 is 0 Å². The molecule has 0 N–H and O–H groups in total. The van der Waals surface area contributed by atoms with E-state index in [0.29, 0.717) is 11.5 Å². The Kier molecular flexibility index (Phi) is 3.76. The molecule has 1 amide bonds. The molecular formula is C16H16BrN3O. The number of hydrogen-bond donors (Lipinski definition) is 0. The van der Waals surface area contributed by atoms with Crippen molar-refractivity contribution in [3.05, 3.63) is 51.5 Å². The summed E-state index contributed by atoms with van der Waals surface area (Å²) in [6.07, 6.45) is 3.61. The van der Waals surface area contributed by atoms with Crippen molar-refractivity contribution >= 4 is 27.5 Å². The molecule has 0 aliphatic carbocycles. The molecule has 0 radical (unpaired) electrons. The lowest BCUT2D eigenvalue weighted by Gasteiger charge is -2.31. The monoisotopic (exact) mass is 345 g/mol. The Hall–Kier alpha value is -1.75. The summed E-state index contributed by atoms with van der Waals surface area (Å²) in [5.41, 5.74) is 3.81. The molecule has 1 aliphatic rings. The predicted octanol–water partition coefficient (Wildman–Crippen LogP) is 3.45. The fraction of sp³-hybridized carbons (Fsp3) is 0.312. The van der Waals surface area contributed by atoms with E-state index in [-0.39, 0.29) is 5.91 Å². The molecule has 4 nitrogen and oxygen atoms in total. The molecule has 0 saturated heterocycles. The van der Waals surface area contributed by atoms with Crippen molar-refractivity contribution in [3.8, 4) is 0 Å². The summed E-state index contributed by atoms with van der Waals surface area (Å²) in [7, 11) is 0. The van der Waals surface area contributed by atoms with E-state index in [1.54, 1.807) is 19.2 Å². The molecule has 0 unspecified atom stereocenters. The second-order valence-electron chi connectivity index (χ2n) is 5.28. The first-order valence-corrected chi connectivity index (χ1v) is 7.76. The number of aromatic nitrogens is 2. The zero-order valence-corrected chi connectivity index (χ0v) is 13.6. The molecular weight excluding hydrogens is 330 g/mol. The van der Waals surface area contributed by atoms with E-state index < -0.39 is 0 Å². The van der Waals surface area contributed by atoms with Gasteiger partial charge in [0.05, 0.1) is 5.69 Å². The number of halogens is 1. The largest absolute Gasteiger partial charge is 0.306 e. The standard InChI is InChI=1S/C16H16BrN3O/c1-10-8-13(17)9-12-4-3-7-20(15(10)12)16(21)14-5-6-18-11(2)19-14/h5-6,8-9H,3-4,7H2,1-2H3. The lowest BCUT2D eigenvalue weighted by molar-refractivity contribution is 0.0979. The highest BCUT2D eigenvalue weighted by Gasteiger charge is 2.26. The van der Waals surface area contributed by atoms with Crippen molar-refractivity contribution < 1.29 is 4.79 Å². The molecule has 21 heavy (non-hydrogen) atoms. The highest BCUT2D eigenvalue weighted by Crippen LogP contribution is 2.34. The molecule has 1 aromatic heterocycles. The van der Waals surface area contributed by atoms with Gasteiger partial charge in [-0.05, 0) is 56.0 Å². The number of carbonyl (C=O) groups is 1. The smallest absolute Gasteiger partial charge is 0.277 e. The maximum absolute atomic E-state index is 12.8. The maximum Gasteiger partial charge on any atom is 0.277 e. The zero-order valence-electron chi connectivity index (χ0n) is 12.1. The maximum atomic E-state index is 12.8. The third kappa shape index (κ3) is 2.70. The lowest BCUT2D eigenvalue weighted by atomic mass is 9.98. The number of rotatable bonds is 1. The second kappa shape index (κ2) is 5.56. The normalized spacial score (nSPS) is 14.0. The summed E-state index contributed by atoms with van der Waals surface area (Å²) in [5.74, 6) is 0.567. The topological polar surface area (TPSA) is 46.1 Å². The fourth-order valence-corrected chi connectivity index (χ4v) is 3.46. The molecule has 0 spiro atoms. The van der Waals surface area contributed by atoms with Crippen LogP contribution < -0.4 is 4.90 Å². The molecule has 5 heteroatoms. The summed E-state index contributed by atoms with van der Waals surface area (Å²) in [6.45, 7) is 4.57. The van der Waals surface area contributed by atoms with Crippen molar-refractivity contribution in [2.75, 3.05) is 11.4 Å². The van der Waals surface area contributed by atoms with E-state index in [4.69, 9.17) is 0 Å². The minimum atomic E-state index is -0.0492. The van der Waals surface area contributed by atoms with Crippen LogP contribution in [0.4, 0.5) is 5.69 Å². The Labute approximate surface area is 132 Å². The van der Waals surface area contributed by atoms with E-state index in [2.05, 4.69) is 38.0 Å². The first-order chi connectivity index (χ1) is 10.1. The molecule has 0 saturated carbocycles. The third-order valence-electron chi connectivity index (χ3n) is 3.68. The van der Waals surface area contributed by atoms with Crippen molar-refractivity contribution in [1.82, 2.24) is 9.97 Å². The number of nitrogens with zero attached hydrogens (tertiary/aromatic N) is 3. The van der Waals surface area contributed by atoms with Crippen LogP contribution in [-0.2, 0) is 6.42 Å². The van der Waals surface area contributed by atoms with Crippen LogP contribution in [-0.4, -0.2) is 22.4 Å². The Morgan fingerprint density at radius 1 is 1.33 bits per heavy atom. The van der Waals surface area contributed by atoms with Crippen LogP contribution in [0, 0.1) is 13.8 Å². The minimum Gasteiger partial charge on any atom is -0.306 e. The van der Waals surface area contributed by atoms with Crippen LogP contribution in [0.1, 0.15) is 33.9 Å². The molecule has 108 valence electrons. The summed E-state index contributed by atoms with van der Waals surface area (Å²) in [5, 5.41) is 0. The number of aryl methyl sites for hydroxylation is 3. The third-order valence-corrected chi connectivity index (χ3v) is 4.14. The van der Waals surface area contributed by atoms with Gasteiger partial charge in [-0.15, -0.1) is 0 Å². The highest BCUT2D eigenvalue weighted by molar-refractivity contribution is 9.10. The van der Waals surface area contributed by atoms with Gasteiger partial charge in [0.25, 0.3) is 5.91 Å². The van der Waals surface area contributed by atoms with E-state index in [1.165, 1.54) is 5.56 Å². The average Bonchev–Trinajstić information content (AvgIpc) is 2.45. The van der Waals surface area contributed by atoms with Gasteiger partial charge in [-0.25, -0.2) is 9.97 Å². The summed E-state index contributed by atoms with van der Waals surface area (Å²) in [6, 6.07) is 5.83. The molecule has 2 aromatic rings. The lowest BCUT2D eigenvalue weighted by Crippen LogP contribution is -2.36. The Morgan fingerprint density at radius 3 is 2.90 bits per heavy atom. The van der Waals surface area contributed by atoms with Gasteiger partial charge in [0.1, 0.15) is 11.5 Å². The second-order valence-corrected chi connectivity index (χ2v) is 6.20. The van der Waals surface area contributed by atoms with Crippen LogP contribution in [0.5, 0.6) is 0 Å². The molecule has 1 aromatic carbocycles. The van der Waals surface area contributed by atoms with E-state index in [9.17, 15) is 4.79 Å². The van der Waals surface area contributed by atoms with Gasteiger partial charge >= 0.3 is 0 Å². The fourth-order valence-electron chi connectivity index (χ4n) is 2.84. The first kappa shape index (κ1) is 14.2. The van der Waals surface area contributed by atoms with Gasteiger partial charge < -0.3 is 4.90 Å². The first-order valence-electron chi connectivity index (χ1n) is 6.97. The van der Waals surface area contributed by atoms with Crippen LogP contribution in [0.25, 0.3) is 0 Å². The van der Waals surface area contributed by atoms with E-state index in [0.717, 1.165) is 35.1 Å². The minimum absolute atomic E-state index is 0.0492. The zero-order chi connectivity index (χ0) is 15.0. The van der Waals surface area contributed by atoms with Crippen molar-refractivity contribution in [3.63, 3.8) is 0 Å². The van der Waals surface area contributed by atoms with Crippen molar-refractivity contribution in [2.24, 2.45) is 0 Å². The van der Waals surface area contributed by atoms with Crippen LogP contribution >= 0.6 is 15.9 Å². The number of fused-ring (bicyclic) bond motifs is 1. The van der Waals surface area contributed by atoms with Gasteiger partial charge in [-0.3, -0.25) is 4.79 Å². The number of benzene rings is 1. The van der Waals surface area contributed by atoms with E-state index in [1.807, 2.05) is 11.8 Å². The molecule has 2 heterocycles. The van der Waals surface area contributed by atoms with Gasteiger partial charge in [-0.2, -0.15) is 0 Å². The number of hydrogen-bond acceptors (Lipinski definition) is 3. The highest BCUT2D eigenvalue weighted by atomic mass is 79.9. The molecule has 0 atom stereocenters. The van der Waals surface area contributed by atoms with Crippen LogP contribution in [0.15, 0.2) is 28.9 Å². The Morgan fingerprint density at radius 2 is 2.14 bits per heavy atom. The van der Waals surface area contributed by atoms with Gasteiger partial charge in [-0.1, -0.05) is 15.9 Å².